The van der Waals surface area contributed by atoms with Gasteiger partial charge in [-0.3, -0.25) is 0 Å². The second kappa shape index (κ2) is 6.15. The molecule has 0 fully saturated rings. The average molecular weight is 290 g/mol. The highest BCUT2D eigenvalue weighted by Gasteiger charge is 2.15. The molecule has 1 atom stereocenters. The van der Waals surface area contributed by atoms with E-state index in [2.05, 4.69) is 10.3 Å². The van der Waals surface area contributed by atoms with Gasteiger partial charge in [0, 0.05) is 25.2 Å². The fraction of sp³-hybridized carbons (Fsp3) is 0.400. The zero-order chi connectivity index (χ0) is 14.7. The van der Waals surface area contributed by atoms with E-state index in [9.17, 15) is 5.11 Å². The third-order valence-electron chi connectivity index (χ3n) is 3.39. The van der Waals surface area contributed by atoms with E-state index in [-0.39, 0.29) is 6.79 Å². The Labute approximate surface area is 122 Å². The summed E-state index contributed by atoms with van der Waals surface area (Å²) in [4.78, 5) is 4.35. The first-order valence-electron chi connectivity index (χ1n) is 6.87. The number of benzene rings is 1. The van der Waals surface area contributed by atoms with Gasteiger partial charge in [-0.15, -0.1) is 0 Å². The molecule has 3 rings (SSSR count). The molecule has 2 heterocycles. The number of hydrogen-bond acceptors (Lipinski definition) is 6. The number of pyridine rings is 1. The van der Waals surface area contributed by atoms with Gasteiger partial charge in [-0.2, -0.15) is 0 Å². The maximum Gasteiger partial charge on any atom is 0.231 e. The van der Waals surface area contributed by atoms with E-state index >= 15 is 0 Å². The zero-order valence-corrected chi connectivity index (χ0v) is 11.8. The lowest BCUT2D eigenvalue weighted by Gasteiger charge is -2.12. The second-order valence-electron chi connectivity index (χ2n) is 4.91. The summed E-state index contributed by atoms with van der Waals surface area (Å²) in [5.74, 6) is 2.27. The maximum absolute atomic E-state index is 9.65. The average Bonchev–Trinajstić information content (AvgIpc) is 2.93. The summed E-state index contributed by atoms with van der Waals surface area (Å²) in [5.41, 5.74) is 0. The summed E-state index contributed by atoms with van der Waals surface area (Å²) in [7, 11) is 1.57. The molecule has 21 heavy (non-hydrogen) atoms. The molecule has 1 aliphatic heterocycles. The predicted octanol–water partition coefficient (Wildman–Crippen LogP) is 1.77. The van der Waals surface area contributed by atoms with E-state index in [0.29, 0.717) is 19.6 Å². The Bertz CT molecular complexity index is 632. The van der Waals surface area contributed by atoms with Gasteiger partial charge in [0.05, 0.1) is 12.7 Å². The van der Waals surface area contributed by atoms with Crippen molar-refractivity contribution in [2.45, 2.75) is 12.5 Å². The highest BCUT2D eigenvalue weighted by atomic mass is 16.7. The van der Waals surface area contributed by atoms with Crippen LogP contribution in [0.4, 0.5) is 5.82 Å². The first-order chi connectivity index (χ1) is 10.3. The Hall–Kier alpha value is -2.05. The molecular formula is C15H18N2O4. The molecule has 0 saturated carbocycles. The van der Waals surface area contributed by atoms with Crippen molar-refractivity contribution >= 4 is 16.6 Å². The second-order valence-corrected chi connectivity index (χ2v) is 4.91. The molecule has 0 aliphatic carbocycles. The summed E-state index contributed by atoms with van der Waals surface area (Å²) in [5, 5.41) is 14.9. The number of methoxy groups -OCH3 is 1. The summed E-state index contributed by atoms with van der Waals surface area (Å²) in [6.07, 6.45) is 1.87. The van der Waals surface area contributed by atoms with E-state index < -0.39 is 6.10 Å². The largest absolute Gasteiger partial charge is 0.454 e. The maximum atomic E-state index is 9.65. The lowest BCUT2D eigenvalue weighted by molar-refractivity contribution is 0.0615. The van der Waals surface area contributed by atoms with Gasteiger partial charge in [0.15, 0.2) is 11.5 Å². The smallest absolute Gasteiger partial charge is 0.231 e. The molecule has 1 aliphatic rings. The Morgan fingerprint density at radius 1 is 1.38 bits per heavy atom. The number of aromatic nitrogens is 1. The standard InChI is InChI=1S/C15H18N2O4/c1-19-8-11(18)3-5-17-15-12-7-14-13(20-9-21-14)6-10(12)2-4-16-15/h2,4,6-7,11,18H,3,5,8-9H2,1H3,(H,16,17). The fourth-order valence-corrected chi connectivity index (χ4v) is 2.34. The molecule has 6 nitrogen and oxygen atoms in total. The molecule has 112 valence electrons. The zero-order valence-electron chi connectivity index (χ0n) is 11.8. The number of nitrogens with zero attached hydrogens (tertiary/aromatic N) is 1. The van der Waals surface area contributed by atoms with Crippen LogP contribution in [0.2, 0.25) is 0 Å². The Morgan fingerprint density at radius 3 is 3.00 bits per heavy atom. The number of aliphatic hydroxyl groups excluding tert-OH is 1. The van der Waals surface area contributed by atoms with Crippen molar-refractivity contribution in [3.8, 4) is 11.5 Å². The highest BCUT2D eigenvalue weighted by molar-refractivity contribution is 5.94. The van der Waals surface area contributed by atoms with Crippen LogP contribution >= 0.6 is 0 Å². The van der Waals surface area contributed by atoms with Crippen LogP contribution in [-0.4, -0.2) is 43.2 Å². The van der Waals surface area contributed by atoms with Gasteiger partial charge in [-0.1, -0.05) is 0 Å². The molecule has 0 spiro atoms. The van der Waals surface area contributed by atoms with Crippen molar-refractivity contribution in [2.75, 3.05) is 32.4 Å². The number of anilines is 1. The lowest BCUT2D eigenvalue weighted by Crippen LogP contribution is -2.18. The Morgan fingerprint density at radius 2 is 2.19 bits per heavy atom. The number of aliphatic hydroxyl groups is 1. The molecule has 1 aromatic heterocycles. The monoisotopic (exact) mass is 290 g/mol. The number of ether oxygens (including phenoxy) is 3. The molecule has 0 saturated heterocycles. The van der Waals surface area contributed by atoms with Crippen LogP contribution < -0.4 is 14.8 Å². The van der Waals surface area contributed by atoms with Gasteiger partial charge < -0.3 is 24.6 Å². The van der Waals surface area contributed by atoms with Crippen molar-refractivity contribution < 1.29 is 19.3 Å². The molecule has 0 radical (unpaired) electrons. The molecule has 0 amide bonds. The van der Waals surface area contributed by atoms with E-state index in [1.807, 2.05) is 18.2 Å². The van der Waals surface area contributed by atoms with Crippen molar-refractivity contribution in [1.29, 1.82) is 0 Å². The molecule has 2 N–H and O–H groups in total. The minimum Gasteiger partial charge on any atom is -0.454 e. The van der Waals surface area contributed by atoms with Crippen LogP contribution in [0.5, 0.6) is 11.5 Å². The molecule has 1 aromatic carbocycles. The van der Waals surface area contributed by atoms with Gasteiger partial charge in [0.25, 0.3) is 0 Å². The third kappa shape index (κ3) is 3.01. The highest BCUT2D eigenvalue weighted by Crippen LogP contribution is 2.37. The lowest BCUT2D eigenvalue weighted by atomic mass is 10.1. The first kappa shape index (κ1) is 13.9. The van der Waals surface area contributed by atoms with Crippen molar-refractivity contribution in [2.24, 2.45) is 0 Å². The van der Waals surface area contributed by atoms with Crippen molar-refractivity contribution in [3.05, 3.63) is 24.4 Å². The minimum atomic E-state index is -0.474. The third-order valence-corrected chi connectivity index (χ3v) is 3.39. The van der Waals surface area contributed by atoms with E-state index in [1.54, 1.807) is 13.3 Å². The Kier molecular flexibility index (Phi) is 4.08. The van der Waals surface area contributed by atoms with Crippen LogP contribution in [0.3, 0.4) is 0 Å². The molecule has 1 unspecified atom stereocenters. The quantitative estimate of drug-likeness (QED) is 0.845. The summed E-state index contributed by atoms with van der Waals surface area (Å²) in [6.45, 7) is 1.21. The minimum absolute atomic E-state index is 0.255. The summed E-state index contributed by atoms with van der Waals surface area (Å²) >= 11 is 0. The number of hydrogen-bond donors (Lipinski definition) is 2. The summed E-state index contributed by atoms with van der Waals surface area (Å²) in [6, 6.07) is 5.81. The Balaban J connectivity index is 1.76. The molecule has 0 bridgehead atoms. The van der Waals surface area contributed by atoms with E-state index in [1.165, 1.54) is 0 Å². The van der Waals surface area contributed by atoms with Gasteiger partial charge in [-0.25, -0.2) is 4.98 Å². The van der Waals surface area contributed by atoms with Crippen LogP contribution in [-0.2, 0) is 4.74 Å². The topological polar surface area (TPSA) is 72.8 Å². The van der Waals surface area contributed by atoms with E-state index in [4.69, 9.17) is 14.2 Å². The molecule has 6 heteroatoms. The van der Waals surface area contributed by atoms with Gasteiger partial charge in [-0.05, 0) is 30.0 Å². The van der Waals surface area contributed by atoms with Crippen molar-refractivity contribution in [1.82, 2.24) is 4.98 Å². The van der Waals surface area contributed by atoms with Gasteiger partial charge in [0.2, 0.25) is 6.79 Å². The molecular weight excluding hydrogens is 272 g/mol. The number of rotatable bonds is 6. The number of fused-ring (bicyclic) bond motifs is 2. The van der Waals surface area contributed by atoms with Crippen LogP contribution in [0.25, 0.3) is 10.8 Å². The normalized spacial score (nSPS) is 14.4. The number of nitrogens with one attached hydrogen (secondary N) is 1. The van der Waals surface area contributed by atoms with Crippen LogP contribution in [0, 0.1) is 0 Å². The van der Waals surface area contributed by atoms with Crippen LogP contribution in [0.1, 0.15) is 6.42 Å². The predicted molar refractivity (Wildman–Crippen MR) is 78.9 cm³/mol. The van der Waals surface area contributed by atoms with Crippen molar-refractivity contribution in [3.63, 3.8) is 0 Å². The van der Waals surface area contributed by atoms with Crippen LogP contribution in [0.15, 0.2) is 24.4 Å². The van der Waals surface area contributed by atoms with Gasteiger partial charge in [0.1, 0.15) is 5.82 Å². The van der Waals surface area contributed by atoms with Gasteiger partial charge >= 0.3 is 0 Å². The molecule has 2 aromatic rings. The first-order valence-corrected chi connectivity index (χ1v) is 6.87. The fourth-order valence-electron chi connectivity index (χ4n) is 2.34. The summed E-state index contributed by atoms with van der Waals surface area (Å²) < 4.78 is 15.7. The SMILES string of the molecule is COCC(O)CCNc1nccc2cc3c(cc12)OCO3. The van der Waals surface area contributed by atoms with E-state index in [0.717, 1.165) is 28.1 Å².